The summed E-state index contributed by atoms with van der Waals surface area (Å²) in [5, 5.41) is 3.51. The van der Waals surface area contributed by atoms with E-state index in [1.165, 1.54) is 28.5 Å². The Balaban J connectivity index is 2.05. The van der Waals surface area contributed by atoms with Gasteiger partial charge in [0.1, 0.15) is 0 Å². The minimum Gasteiger partial charge on any atom is -0.321 e. The Morgan fingerprint density at radius 3 is 2.76 bits per heavy atom. The molecule has 0 radical (unpaired) electrons. The average Bonchev–Trinajstić information content (AvgIpc) is 2.81. The molecule has 1 heterocycles. The monoisotopic (exact) mass is 245 g/mol. The molecule has 2 N–H and O–H groups in total. The van der Waals surface area contributed by atoms with Crippen molar-refractivity contribution in [2.24, 2.45) is 11.7 Å². The Morgan fingerprint density at radius 2 is 2.00 bits per heavy atom. The normalized spacial score (nSPS) is 29.6. The predicted octanol–water partition coefficient (Wildman–Crippen LogP) is 4.27. The van der Waals surface area contributed by atoms with Gasteiger partial charge in [-0.1, -0.05) is 25.1 Å². The second kappa shape index (κ2) is 4.11. The lowest BCUT2D eigenvalue weighted by Gasteiger charge is -2.37. The summed E-state index contributed by atoms with van der Waals surface area (Å²) in [5.74, 6) is 0.842. The number of hydrogen-bond acceptors (Lipinski definition) is 2. The van der Waals surface area contributed by atoms with E-state index in [2.05, 4.69) is 36.6 Å². The molecule has 0 atom stereocenters. The van der Waals surface area contributed by atoms with Crippen LogP contribution in [-0.4, -0.2) is 0 Å². The molecule has 17 heavy (non-hydrogen) atoms. The number of rotatable bonds is 1. The van der Waals surface area contributed by atoms with Crippen LogP contribution in [0.3, 0.4) is 0 Å². The van der Waals surface area contributed by atoms with Gasteiger partial charge in [-0.3, -0.25) is 0 Å². The van der Waals surface area contributed by atoms with Crippen molar-refractivity contribution in [1.29, 1.82) is 0 Å². The van der Waals surface area contributed by atoms with E-state index in [0.29, 0.717) is 0 Å². The zero-order valence-electron chi connectivity index (χ0n) is 10.3. The van der Waals surface area contributed by atoms with Crippen LogP contribution in [0.4, 0.5) is 0 Å². The first kappa shape index (κ1) is 11.2. The lowest BCUT2D eigenvalue weighted by Crippen LogP contribution is -2.40. The smallest absolute Gasteiger partial charge is 0.0424 e. The van der Waals surface area contributed by atoms with E-state index < -0.39 is 0 Å². The van der Waals surface area contributed by atoms with E-state index in [4.69, 9.17) is 5.73 Å². The summed E-state index contributed by atoms with van der Waals surface area (Å²) in [6, 6.07) is 8.76. The van der Waals surface area contributed by atoms with Crippen LogP contribution in [0.5, 0.6) is 0 Å². The highest BCUT2D eigenvalue weighted by Gasteiger charge is 2.33. The average molecular weight is 245 g/mol. The van der Waals surface area contributed by atoms with Crippen LogP contribution in [0.1, 0.15) is 38.2 Å². The Hall–Kier alpha value is -0.860. The lowest BCUT2D eigenvalue weighted by molar-refractivity contribution is 0.250. The van der Waals surface area contributed by atoms with Gasteiger partial charge < -0.3 is 5.73 Å². The van der Waals surface area contributed by atoms with Gasteiger partial charge in [0.05, 0.1) is 0 Å². The molecule has 0 unspecified atom stereocenters. The van der Waals surface area contributed by atoms with Gasteiger partial charge in [0.25, 0.3) is 0 Å². The number of nitrogens with two attached hydrogens (primary N) is 1. The van der Waals surface area contributed by atoms with Gasteiger partial charge in [-0.05, 0) is 54.0 Å². The van der Waals surface area contributed by atoms with Gasteiger partial charge in [-0.15, -0.1) is 11.3 Å². The van der Waals surface area contributed by atoms with Crippen molar-refractivity contribution >= 4 is 21.4 Å². The van der Waals surface area contributed by atoms with Crippen LogP contribution in [-0.2, 0) is 5.54 Å². The summed E-state index contributed by atoms with van der Waals surface area (Å²) in [4.78, 5) is 0. The molecule has 1 aliphatic carbocycles. The first-order valence-electron chi connectivity index (χ1n) is 6.45. The maximum atomic E-state index is 6.67. The molecule has 0 bridgehead atoms. The Morgan fingerprint density at radius 1 is 1.24 bits per heavy atom. The molecule has 1 fully saturated rings. The molecule has 2 aromatic rings. The van der Waals surface area contributed by atoms with Gasteiger partial charge in [0.15, 0.2) is 0 Å². The van der Waals surface area contributed by atoms with Gasteiger partial charge >= 0.3 is 0 Å². The highest BCUT2D eigenvalue weighted by molar-refractivity contribution is 7.17. The van der Waals surface area contributed by atoms with Crippen LogP contribution in [0, 0.1) is 5.92 Å². The molecular formula is C15H19NS. The molecule has 0 saturated heterocycles. The van der Waals surface area contributed by atoms with Crippen molar-refractivity contribution in [1.82, 2.24) is 0 Å². The van der Waals surface area contributed by atoms with Crippen molar-refractivity contribution in [3.63, 3.8) is 0 Å². The minimum absolute atomic E-state index is 0.0864. The molecule has 3 rings (SSSR count). The molecule has 1 aromatic carbocycles. The van der Waals surface area contributed by atoms with E-state index in [1.54, 1.807) is 0 Å². The fourth-order valence-electron chi connectivity index (χ4n) is 2.93. The van der Waals surface area contributed by atoms with Gasteiger partial charge in [-0.2, -0.15) is 0 Å². The van der Waals surface area contributed by atoms with E-state index >= 15 is 0 Å². The summed E-state index contributed by atoms with van der Waals surface area (Å²) >= 11 is 1.83. The summed E-state index contributed by atoms with van der Waals surface area (Å²) in [7, 11) is 0. The largest absolute Gasteiger partial charge is 0.321 e. The first-order valence-corrected chi connectivity index (χ1v) is 7.33. The van der Waals surface area contributed by atoms with E-state index in [-0.39, 0.29) is 5.54 Å². The molecule has 90 valence electrons. The third-order valence-electron chi connectivity index (χ3n) is 4.18. The fourth-order valence-corrected chi connectivity index (χ4v) is 3.95. The number of hydrogen-bond donors (Lipinski definition) is 1. The van der Waals surface area contributed by atoms with Crippen molar-refractivity contribution in [2.45, 2.75) is 38.1 Å². The van der Waals surface area contributed by atoms with Crippen LogP contribution in [0.15, 0.2) is 29.6 Å². The Kier molecular flexibility index (Phi) is 2.72. The zero-order valence-corrected chi connectivity index (χ0v) is 11.1. The first-order chi connectivity index (χ1) is 8.19. The summed E-state index contributed by atoms with van der Waals surface area (Å²) in [6.45, 7) is 2.34. The topological polar surface area (TPSA) is 26.0 Å². The molecule has 1 aliphatic rings. The van der Waals surface area contributed by atoms with Gasteiger partial charge in [-0.25, -0.2) is 0 Å². The molecule has 0 spiro atoms. The second-order valence-electron chi connectivity index (χ2n) is 5.48. The summed E-state index contributed by atoms with van der Waals surface area (Å²) < 4.78 is 1.39. The Labute approximate surface area is 107 Å². The van der Waals surface area contributed by atoms with E-state index in [9.17, 15) is 0 Å². The molecular weight excluding hydrogens is 226 g/mol. The molecule has 1 nitrogen and oxygen atoms in total. The maximum Gasteiger partial charge on any atom is 0.0424 e. The zero-order chi connectivity index (χ0) is 11.9. The van der Waals surface area contributed by atoms with Crippen LogP contribution < -0.4 is 5.73 Å². The molecule has 1 saturated carbocycles. The van der Waals surface area contributed by atoms with Crippen LogP contribution in [0.2, 0.25) is 0 Å². The Bertz CT molecular complexity index is 520. The third-order valence-corrected chi connectivity index (χ3v) is 5.15. The summed E-state index contributed by atoms with van der Waals surface area (Å²) in [5.41, 5.74) is 7.96. The molecule has 2 heteroatoms. The molecule has 0 aliphatic heterocycles. The van der Waals surface area contributed by atoms with E-state index in [0.717, 1.165) is 18.8 Å². The van der Waals surface area contributed by atoms with E-state index in [1.807, 2.05) is 11.3 Å². The third kappa shape index (κ3) is 1.90. The van der Waals surface area contributed by atoms with Gasteiger partial charge in [0.2, 0.25) is 0 Å². The second-order valence-corrected chi connectivity index (χ2v) is 6.40. The maximum absolute atomic E-state index is 6.67. The van der Waals surface area contributed by atoms with Crippen molar-refractivity contribution in [3.8, 4) is 0 Å². The van der Waals surface area contributed by atoms with Gasteiger partial charge in [0, 0.05) is 10.2 Å². The number of fused-ring (bicyclic) bond motifs is 1. The van der Waals surface area contributed by atoms with Crippen LogP contribution in [0.25, 0.3) is 10.1 Å². The minimum atomic E-state index is -0.0864. The van der Waals surface area contributed by atoms with Crippen LogP contribution >= 0.6 is 11.3 Å². The standard InChI is InChI=1S/C15H19NS/c1-11-5-8-15(16,9-6-11)13-4-2-3-12-7-10-17-14(12)13/h2-4,7,10-11H,5-6,8-9,16H2,1H3. The quantitative estimate of drug-likeness (QED) is 0.798. The fraction of sp³-hybridized carbons (Fsp3) is 0.467. The highest BCUT2D eigenvalue weighted by atomic mass is 32.1. The van der Waals surface area contributed by atoms with Crippen molar-refractivity contribution in [3.05, 3.63) is 35.2 Å². The highest BCUT2D eigenvalue weighted by Crippen LogP contribution is 2.41. The van der Waals surface area contributed by atoms with Crippen molar-refractivity contribution < 1.29 is 0 Å². The number of thiophene rings is 1. The lowest BCUT2D eigenvalue weighted by atomic mass is 9.74. The molecule has 1 aromatic heterocycles. The molecule has 0 amide bonds. The van der Waals surface area contributed by atoms with Crippen molar-refractivity contribution in [2.75, 3.05) is 0 Å². The predicted molar refractivity (Wildman–Crippen MR) is 75.3 cm³/mol. The number of benzene rings is 1. The summed E-state index contributed by atoms with van der Waals surface area (Å²) in [6.07, 6.45) is 4.78. The SMILES string of the molecule is CC1CCC(N)(c2cccc3ccsc23)CC1.